The van der Waals surface area contributed by atoms with Gasteiger partial charge in [0.2, 0.25) is 0 Å². The number of aromatic nitrogens is 2. The molecule has 1 fully saturated rings. The molecule has 1 aliphatic carbocycles. The number of hydrogen-bond acceptors (Lipinski definition) is 4. The summed E-state index contributed by atoms with van der Waals surface area (Å²) in [6.07, 6.45) is 1.88. The van der Waals surface area contributed by atoms with E-state index in [4.69, 9.17) is 5.11 Å². The van der Waals surface area contributed by atoms with Crippen LogP contribution in [0.25, 0.3) is 10.2 Å². The third kappa shape index (κ3) is 2.97. The van der Waals surface area contributed by atoms with Gasteiger partial charge in [-0.2, -0.15) is 5.10 Å². The van der Waals surface area contributed by atoms with Gasteiger partial charge in [-0.15, -0.1) is 11.3 Å². The van der Waals surface area contributed by atoms with E-state index in [1.54, 1.807) is 0 Å². The number of nitrogens with zero attached hydrogens (tertiary/aromatic N) is 2. The van der Waals surface area contributed by atoms with E-state index in [-0.39, 0.29) is 17.9 Å². The highest BCUT2D eigenvalue weighted by Crippen LogP contribution is 2.32. The largest absolute Gasteiger partial charge is 0.481 e. The van der Waals surface area contributed by atoms with Crippen molar-refractivity contribution in [3.05, 3.63) is 16.6 Å². The Morgan fingerprint density at radius 2 is 2.17 bits per heavy atom. The number of amides is 1. The van der Waals surface area contributed by atoms with Gasteiger partial charge in [-0.05, 0) is 31.2 Å². The molecular formula is C16H21N3O3S. The SMILES string of the molecule is CC(C)c1nn(C)c2sc(C(=O)N[C@H]3CC[C@@H](C(=O)O)C3)cc12. The first-order valence-corrected chi connectivity index (χ1v) is 8.68. The number of hydrogen-bond donors (Lipinski definition) is 2. The normalized spacial score (nSPS) is 21.2. The van der Waals surface area contributed by atoms with Crippen LogP contribution in [0.15, 0.2) is 6.07 Å². The summed E-state index contributed by atoms with van der Waals surface area (Å²) in [5, 5.41) is 17.6. The smallest absolute Gasteiger partial charge is 0.306 e. The summed E-state index contributed by atoms with van der Waals surface area (Å²) in [5.41, 5.74) is 1.00. The van der Waals surface area contributed by atoms with Crippen LogP contribution in [-0.2, 0) is 11.8 Å². The molecule has 0 unspecified atom stereocenters. The maximum absolute atomic E-state index is 12.5. The Labute approximate surface area is 138 Å². The molecule has 3 rings (SSSR count). The first-order chi connectivity index (χ1) is 10.9. The van der Waals surface area contributed by atoms with Crippen molar-refractivity contribution in [2.45, 2.75) is 45.1 Å². The fourth-order valence-corrected chi connectivity index (χ4v) is 4.18. The summed E-state index contributed by atoms with van der Waals surface area (Å²) in [6, 6.07) is 1.86. The third-order valence-electron chi connectivity index (χ3n) is 4.43. The number of nitrogens with one attached hydrogen (secondary N) is 1. The van der Waals surface area contributed by atoms with Crippen LogP contribution in [0.1, 0.15) is 54.4 Å². The molecule has 0 aliphatic heterocycles. The Balaban J connectivity index is 1.77. The van der Waals surface area contributed by atoms with Gasteiger partial charge < -0.3 is 10.4 Å². The van der Waals surface area contributed by atoms with E-state index in [1.165, 1.54) is 11.3 Å². The molecule has 7 heteroatoms. The Hall–Kier alpha value is -1.89. The monoisotopic (exact) mass is 335 g/mol. The summed E-state index contributed by atoms with van der Waals surface area (Å²) in [7, 11) is 1.89. The van der Waals surface area contributed by atoms with Gasteiger partial charge in [-0.1, -0.05) is 13.8 Å². The summed E-state index contributed by atoms with van der Waals surface area (Å²) in [5.74, 6) is -0.914. The molecule has 1 aliphatic rings. The molecule has 1 saturated carbocycles. The van der Waals surface area contributed by atoms with Crippen LogP contribution in [0.2, 0.25) is 0 Å². The van der Waals surface area contributed by atoms with Crippen LogP contribution >= 0.6 is 11.3 Å². The van der Waals surface area contributed by atoms with E-state index in [2.05, 4.69) is 24.3 Å². The van der Waals surface area contributed by atoms with Crippen molar-refractivity contribution in [2.24, 2.45) is 13.0 Å². The van der Waals surface area contributed by atoms with Crippen LogP contribution in [-0.4, -0.2) is 32.8 Å². The lowest BCUT2D eigenvalue weighted by Gasteiger charge is -2.11. The maximum Gasteiger partial charge on any atom is 0.306 e. The van der Waals surface area contributed by atoms with Gasteiger partial charge in [-0.3, -0.25) is 14.3 Å². The predicted octanol–water partition coefficient (Wildman–Crippen LogP) is 2.74. The zero-order chi connectivity index (χ0) is 16.7. The molecule has 0 radical (unpaired) electrons. The van der Waals surface area contributed by atoms with Gasteiger partial charge in [0.1, 0.15) is 4.83 Å². The maximum atomic E-state index is 12.5. The van der Waals surface area contributed by atoms with Crippen molar-refractivity contribution in [3.8, 4) is 0 Å². The van der Waals surface area contributed by atoms with Crippen LogP contribution in [0, 0.1) is 5.92 Å². The van der Waals surface area contributed by atoms with Gasteiger partial charge in [0, 0.05) is 18.5 Å². The second-order valence-corrected chi connectivity index (χ2v) is 7.54. The molecule has 124 valence electrons. The number of carbonyl (C=O) groups excluding carboxylic acids is 1. The minimum atomic E-state index is -0.767. The van der Waals surface area contributed by atoms with Crippen LogP contribution < -0.4 is 5.32 Å². The Kier molecular flexibility index (Phi) is 4.14. The zero-order valence-corrected chi connectivity index (χ0v) is 14.3. The molecule has 2 aromatic rings. The minimum absolute atomic E-state index is 0.0449. The molecule has 2 N–H and O–H groups in total. The Bertz CT molecular complexity index is 762. The summed E-state index contributed by atoms with van der Waals surface area (Å²) in [4.78, 5) is 25.1. The lowest BCUT2D eigenvalue weighted by atomic mass is 10.1. The van der Waals surface area contributed by atoms with E-state index < -0.39 is 5.97 Å². The molecule has 2 atom stereocenters. The average molecular weight is 335 g/mol. The summed E-state index contributed by atoms with van der Waals surface area (Å²) in [6.45, 7) is 4.17. The van der Waals surface area contributed by atoms with E-state index >= 15 is 0 Å². The lowest BCUT2D eigenvalue weighted by molar-refractivity contribution is -0.141. The molecule has 2 aromatic heterocycles. The molecule has 23 heavy (non-hydrogen) atoms. The van der Waals surface area contributed by atoms with Crippen LogP contribution in [0.5, 0.6) is 0 Å². The number of aliphatic carboxylic acids is 1. The van der Waals surface area contributed by atoms with Crippen molar-refractivity contribution in [3.63, 3.8) is 0 Å². The van der Waals surface area contributed by atoms with Gasteiger partial charge in [-0.25, -0.2) is 0 Å². The number of fused-ring (bicyclic) bond motifs is 1. The third-order valence-corrected chi connectivity index (χ3v) is 5.63. The van der Waals surface area contributed by atoms with E-state index in [1.807, 2.05) is 17.8 Å². The van der Waals surface area contributed by atoms with Crippen molar-refractivity contribution in [1.29, 1.82) is 0 Å². The van der Waals surface area contributed by atoms with Crippen LogP contribution in [0.4, 0.5) is 0 Å². The molecule has 2 heterocycles. The number of carbonyl (C=O) groups is 2. The highest BCUT2D eigenvalue weighted by Gasteiger charge is 2.31. The lowest BCUT2D eigenvalue weighted by Crippen LogP contribution is -2.32. The van der Waals surface area contributed by atoms with E-state index in [0.717, 1.165) is 22.3 Å². The van der Waals surface area contributed by atoms with Gasteiger partial charge in [0.05, 0.1) is 16.5 Å². The first kappa shape index (κ1) is 16.0. The number of carboxylic acids is 1. The predicted molar refractivity (Wildman–Crippen MR) is 88.9 cm³/mol. The quantitative estimate of drug-likeness (QED) is 0.900. The van der Waals surface area contributed by atoms with Crippen molar-refractivity contribution >= 4 is 33.4 Å². The molecule has 0 bridgehead atoms. The number of rotatable bonds is 4. The highest BCUT2D eigenvalue weighted by atomic mass is 32.1. The highest BCUT2D eigenvalue weighted by molar-refractivity contribution is 7.20. The number of carboxylic acid groups (broad SMARTS) is 1. The molecule has 0 saturated heterocycles. The zero-order valence-electron chi connectivity index (χ0n) is 13.5. The van der Waals surface area contributed by atoms with E-state index in [0.29, 0.717) is 23.6 Å². The molecule has 0 aromatic carbocycles. The fraction of sp³-hybridized carbons (Fsp3) is 0.562. The number of aryl methyl sites for hydroxylation is 1. The Morgan fingerprint density at radius 1 is 1.43 bits per heavy atom. The Morgan fingerprint density at radius 3 is 2.78 bits per heavy atom. The second-order valence-electron chi connectivity index (χ2n) is 6.51. The molecule has 0 spiro atoms. The second kappa shape index (κ2) is 5.96. The van der Waals surface area contributed by atoms with Gasteiger partial charge in [0.15, 0.2) is 0 Å². The number of thiophene rings is 1. The van der Waals surface area contributed by atoms with Crippen molar-refractivity contribution in [2.75, 3.05) is 0 Å². The van der Waals surface area contributed by atoms with E-state index in [9.17, 15) is 9.59 Å². The molecule has 6 nitrogen and oxygen atoms in total. The topological polar surface area (TPSA) is 84.2 Å². The van der Waals surface area contributed by atoms with Gasteiger partial charge >= 0.3 is 5.97 Å². The van der Waals surface area contributed by atoms with Crippen molar-refractivity contribution in [1.82, 2.24) is 15.1 Å². The van der Waals surface area contributed by atoms with Crippen molar-refractivity contribution < 1.29 is 14.7 Å². The molecular weight excluding hydrogens is 314 g/mol. The summed E-state index contributed by atoms with van der Waals surface area (Å²) >= 11 is 1.43. The standard InChI is InChI=1S/C16H21N3O3S/c1-8(2)13-11-7-12(23-15(11)19(3)18-13)14(20)17-10-5-4-9(6-10)16(21)22/h7-10H,4-6H2,1-3H3,(H,17,20)(H,21,22)/t9-,10+/m1/s1. The fourth-order valence-electron chi connectivity index (χ4n) is 3.20. The first-order valence-electron chi connectivity index (χ1n) is 7.87. The molecule has 1 amide bonds. The van der Waals surface area contributed by atoms with Gasteiger partial charge in [0.25, 0.3) is 5.91 Å². The van der Waals surface area contributed by atoms with Crippen LogP contribution in [0.3, 0.4) is 0 Å². The minimum Gasteiger partial charge on any atom is -0.481 e. The average Bonchev–Trinajstić information content (AvgIpc) is 3.15. The summed E-state index contributed by atoms with van der Waals surface area (Å²) < 4.78 is 1.82.